The zero-order chi connectivity index (χ0) is 24.1. The number of rotatable bonds is 5. The number of halogens is 1. The Morgan fingerprint density at radius 2 is 1.94 bits per heavy atom. The molecule has 3 unspecified atom stereocenters. The van der Waals surface area contributed by atoms with Crippen LogP contribution < -0.4 is 9.62 Å². The number of furan rings is 1. The summed E-state index contributed by atoms with van der Waals surface area (Å²) in [5, 5.41) is 3.41. The predicted octanol–water partition coefficient (Wildman–Crippen LogP) is 4.81. The van der Waals surface area contributed by atoms with E-state index in [1.54, 1.807) is 30.2 Å². The molecule has 3 atom stereocenters. The third-order valence-corrected chi connectivity index (χ3v) is 7.05. The minimum atomic E-state index is -1.27. The van der Waals surface area contributed by atoms with Crippen LogP contribution >= 0.6 is 11.8 Å². The molecule has 0 saturated carbocycles. The van der Waals surface area contributed by atoms with Crippen LogP contribution in [0, 0.1) is 5.82 Å². The number of thioether (sulfide) groups is 1. The summed E-state index contributed by atoms with van der Waals surface area (Å²) in [5.74, 6) is 0.794. The first-order valence-electron chi connectivity index (χ1n) is 10.5. The molecular formula is C24H29FN2O4S2. The molecule has 3 aromatic rings. The summed E-state index contributed by atoms with van der Waals surface area (Å²) >= 11 is 1.67. The Bertz CT molecular complexity index is 1130. The van der Waals surface area contributed by atoms with Gasteiger partial charge in [0.2, 0.25) is 0 Å². The van der Waals surface area contributed by atoms with Gasteiger partial charge < -0.3 is 14.5 Å². The lowest BCUT2D eigenvalue weighted by Gasteiger charge is -2.29. The maximum absolute atomic E-state index is 13.3. The smallest absolute Gasteiger partial charge is 0.154 e. The number of fused-ring (bicyclic) bond motifs is 2. The summed E-state index contributed by atoms with van der Waals surface area (Å²) < 4.78 is 40.0. The first kappa shape index (κ1) is 25.4. The molecule has 0 bridgehead atoms. The third kappa shape index (κ3) is 5.32. The molecule has 1 aliphatic rings. The van der Waals surface area contributed by atoms with E-state index in [0.717, 1.165) is 23.3 Å². The fourth-order valence-electron chi connectivity index (χ4n) is 3.88. The van der Waals surface area contributed by atoms with E-state index in [1.165, 1.54) is 12.1 Å². The maximum atomic E-state index is 13.3. The second-order valence-electron chi connectivity index (χ2n) is 7.71. The Morgan fingerprint density at radius 1 is 1.27 bits per heavy atom. The van der Waals surface area contributed by atoms with Gasteiger partial charge >= 0.3 is 0 Å². The lowest BCUT2D eigenvalue weighted by Crippen LogP contribution is -2.40. The number of hydrogen-bond acceptors (Lipinski definition) is 6. The monoisotopic (exact) mass is 492 g/mol. The van der Waals surface area contributed by atoms with Crippen molar-refractivity contribution in [3.05, 3.63) is 53.3 Å². The second-order valence-corrected chi connectivity index (χ2v) is 9.86. The van der Waals surface area contributed by atoms with Crippen LogP contribution in [0.25, 0.3) is 22.3 Å². The van der Waals surface area contributed by atoms with Crippen LogP contribution in [-0.2, 0) is 15.7 Å². The molecule has 2 heterocycles. The number of ether oxygens (including phenoxy) is 1. The van der Waals surface area contributed by atoms with E-state index in [4.69, 9.17) is 9.15 Å². The van der Waals surface area contributed by atoms with Gasteiger partial charge in [0.25, 0.3) is 0 Å². The fourth-order valence-corrected chi connectivity index (χ4v) is 5.60. The molecule has 9 heteroatoms. The van der Waals surface area contributed by atoms with Crippen LogP contribution in [0.15, 0.2) is 40.8 Å². The van der Waals surface area contributed by atoms with E-state index in [1.807, 2.05) is 43.7 Å². The van der Waals surface area contributed by atoms with Gasteiger partial charge in [-0.05, 0) is 57.6 Å². The molecular weight excluding hydrogens is 463 g/mol. The lowest BCUT2D eigenvalue weighted by atomic mass is 10.0. The molecule has 1 aromatic heterocycles. The van der Waals surface area contributed by atoms with Gasteiger partial charge in [-0.15, -0.1) is 0 Å². The number of hydrogen-bond donors (Lipinski definition) is 1. The first-order chi connectivity index (χ1) is 15.9. The van der Waals surface area contributed by atoms with Crippen LogP contribution in [0.4, 0.5) is 10.1 Å². The molecule has 1 aliphatic heterocycles. The highest BCUT2D eigenvalue weighted by molar-refractivity contribution is 7.98. The molecule has 178 valence electrons. The number of carbonyl (C=O) groups is 1. The standard InChI is InChI=1S/C22H22FNO4S2.C2H7N/c1-13-17-8-18-19(10-25)22(14-4-6-15(23)7-5-14)28-21(18)9-20(17)24(30(3)26)16(11-27-13)12-29-2;1-3-2/h4-10,13,16H,11-12H2,1-3H3;3H,1-2H3. The topological polar surface area (TPSA) is 71.8 Å². The van der Waals surface area contributed by atoms with Gasteiger partial charge in [0, 0.05) is 34.6 Å². The zero-order valence-electron chi connectivity index (χ0n) is 19.4. The summed E-state index contributed by atoms with van der Waals surface area (Å²) in [5.41, 5.74) is 3.17. The average Bonchev–Trinajstić information content (AvgIpc) is 3.08. The number of nitrogens with zero attached hydrogens (tertiary/aromatic N) is 1. The quantitative estimate of drug-likeness (QED) is 0.516. The Labute approximate surface area is 200 Å². The molecule has 0 saturated heterocycles. The van der Waals surface area contributed by atoms with Crippen LogP contribution in [0.3, 0.4) is 0 Å². The molecule has 6 nitrogen and oxygen atoms in total. The Balaban J connectivity index is 0.000000968. The van der Waals surface area contributed by atoms with Crippen LogP contribution in [0.1, 0.15) is 28.9 Å². The Kier molecular flexibility index (Phi) is 8.69. The summed E-state index contributed by atoms with van der Waals surface area (Å²) in [6.07, 6.45) is 4.18. The number of anilines is 1. The van der Waals surface area contributed by atoms with Gasteiger partial charge in [-0.3, -0.25) is 9.10 Å². The van der Waals surface area contributed by atoms with Crippen molar-refractivity contribution in [2.24, 2.45) is 0 Å². The van der Waals surface area contributed by atoms with Gasteiger partial charge in [0.1, 0.15) is 28.1 Å². The van der Waals surface area contributed by atoms with Crippen molar-refractivity contribution in [3.8, 4) is 11.3 Å². The highest BCUT2D eigenvalue weighted by atomic mass is 32.2. The van der Waals surface area contributed by atoms with E-state index >= 15 is 0 Å². The average molecular weight is 493 g/mol. The highest BCUT2D eigenvalue weighted by Crippen LogP contribution is 2.41. The molecule has 33 heavy (non-hydrogen) atoms. The minimum absolute atomic E-state index is 0.0518. The molecule has 0 spiro atoms. The van der Waals surface area contributed by atoms with E-state index in [0.29, 0.717) is 34.5 Å². The van der Waals surface area contributed by atoms with Gasteiger partial charge in [-0.1, -0.05) is 0 Å². The van der Waals surface area contributed by atoms with E-state index < -0.39 is 11.0 Å². The van der Waals surface area contributed by atoms with Crippen molar-refractivity contribution < 1.29 is 22.5 Å². The van der Waals surface area contributed by atoms with Crippen LogP contribution in [0.2, 0.25) is 0 Å². The molecule has 1 N–H and O–H groups in total. The minimum Gasteiger partial charge on any atom is -0.455 e. The van der Waals surface area contributed by atoms with Crippen molar-refractivity contribution in [3.63, 3.8) is 0 Å². The van der Waals surface area contributed by atoms with Crippen molar-refractivity contribution in [1.29, 1.82) is 0 Å². The normalized spacial score (nSPS) is 18.8. The summed E-state index contributed by atoms with van der Waals surface area (Å²) in [6.45, 7) is 2.41. The SMILES string of the molecule is CNC.CSCC1COC(C)c2cc3c(C=O)c(-c4ccc(F)cc4)oc3cc2N1S(C)=O. The van der Waals surface area contributed by atoms with E-state index in [2.05, 4.69) is 5.32 Å². The van der Waals surface area contributed by atoms with Gasteiger partial charge in [-0.25, -0.2) is 8.60 Å². The number of aldehydes is 1. The van der Waals surface area contributed by atoms with Gasteiger partial charge in [-0.2, -0.15) is 11.8 Å². The maximum Gasteiger partial charge on any atom is 0.154 e. The fraction of sp³-hybridized carbons (Fsp3) is 0.375. The summed E-state index contributed by atoms with van der Waals surface area (Å²) in [6, 6.07) is 9.50. The molecule has 0 aliphatic carbocycles. The third-order valence-electron chi connectivity index (χ3n) is 5.28. The predicted molar refractivity (Wildman–Crippen MR) is 135 cm³/mol. The second kappa shape index (κ2) is 11.3. The highest BCUT2D eigenvalue weighted by Gasteiger charge is 2.32. The largest absolute Gasteiger partial charge is 0.455 e. The first-order valence-corrected chi connectivity index (χ1v) is 13.4. The Hall–Kier alpha value is -2.20. The lowest BCUT2D eigenvalue weighted by molar-refractivity contribution is 0.0655. The molecule has 4 rings (SSSR count). The number of nitrogens with one attached hydrogen (secondary N) is 1. The van der Waals surface area contributed by atoms with Crippen LogP contribution in [0.5, 0.6) is 0 Å². The molecule has 0 fully saturated rings. The molecule has 0 radical (unpaired) electrons. The van der Waals surface area contributed by atoms with Gasteiger partial charge in [0.15, 0.2) is 6.29 Å². The van der Waals surface area contributed by atoms with Crippen molar-refractivity contribution in [2.75, 3.05) is 43.3 Å². The molecule has 2 aromatic carbocycles. The van der Waals surface area contributed by atoms with E-state index in [9.17, 15) is 13.4 Å². The summed E-state index contributed by atoms with van der Waals surface area (Å²) in [4.78, 5) is 11.9. The number of benzene rings is 2. The summed E-state index contributed by atoms with van der Waals surface area (Å²) in [7, 11) is 2.48. The van der Waals surface area contributed by atoms with Crippen LogP contribution in [-0.4, -0.2) is 55.5 Å². The van der Waals surface area contributed by atoms with Crippen molar-refractivity contribution in [2.45, 2.75) is 19.1 Å². The van der Waals surface area contributed by atoms with Gasteiger partial charge in [0.05, 0.1) is 30.0 Å². The Morgan fingerprint density at radius 3 is 2.52 bits per heavy atom. The van der Waals surface area contributed by atoms with Crippen molar-refractivity contribution >= 4 is 45.7 Å². The van der Waals surface area contributed by atoms with E-state index in [-0.39, 0.29) is 18.0 Å². The number of carbonyl (C=O) groups excluding carboxylic acids is 1. The zero-order valence-corrected chi connectivity index (χ0v) is 21.0. The molecule has 0 amide bonds. The van der Waals surface area contributed by atoms with Crippen molar-refractivity contribution in [1.82, 2.24) is 5.32 Å².